The van der Waals surface area contributed by atoms with Crippen LogP contribution in [0.25, 0.3) is 0 Å². The molecule has 0 aromatic heterocycles. The maximum atomic E-state index is 13.6. The highest BCUT2D eigenvalue weighted by atomic mass is 79.9. The van der Waals surface area contributed by atoms with E-state index in [9.17, 15) is 17.2 Å². The first-order valence-corrected chi connectivity index (χ1v) is 7.60. The molecule has 3 N–H and O–H groups in total. The molecule has 0 aliphatic heterocycles. The van der Waals surface area contributed by atoms with Crippen molar-refractivity contribution >= 4 is 37.3 Å². The third-order valence-corrected chi connectivity index (χ3v) is 4.39. The molecule has 20 heavy (non-hydrogen) atoms. The number of nitrogens with two attached hydrogens (primary N) is 1. The van der Waals surface area contributed by atoms with Gasteiger partial charge in [0.25, 0.3) is 10.0 Å². The van der Waals surface area contributed by atoms with Crippen molar-refractivity contribution in [1.29, 1.82) is 0 Å². The summed E-state index contributed by atoms with van der Waals surface area (Å²) in [4.78, 5) is -0.384. The Bertz CT molecular complexity index is 726. The molecule has 0 spiro atoms. The van der Waals surface area contributed by atoms with Gasteiger partial charge in [0.15, 0.2) is 0 Å². The molecule has 4 nitrogen and oxygen atoms in total. The van der Waals surface area contributed by atoms with Gasteiger partial charge in [-0.25, -0.2) is 17.2 Å². The van der Waals surface area contributed by atoms with E-state index in [0.29, 0.717) is 0 Å². The van der Waals surface area contributed by atoms with Crippen LogP contribution in [0.3, 0.4) is 0 Å². The standard InChI is InChI=1S/C12H9BrF2N2O2S/c13-10-2-1-3-11(15)12(10)17-20(18,19)9-5-7(14)4-8(16)6-9/h1-6,17H,16H2. The first-order valence-electron chi connectivity index (χ1n) is 5.32. The Kier molecular flexibility index (Phi) is 3.96. The maximum absolute atomic E-state index is 13.6. The predicted octanol–water partition coefficient (Wildman–Crippen LogP) is 3.11. The SMILES string of the molecule is Nc1cc(F)cc(S(=O)(=O)Nc2c(F)cccc2Br)c1. The Morgan fingerprint density at radius 1 is 1.15 bits per heavy atom. The van der Waals surface area contributed by atoms with Crippen molar-refractivity contribution in [3.63, 3.8) is 0 Å². The Morgan fingerprint density at radius 2 is 1.85 bits per heavy atom. The van der Waals surface area contributed by atoms with Gasteiger partial charge in [0.05, 0.1) is 10.6 Å². The summed E-state index contributed by atoms with van der Waals surface area (Å²) in [6.07, 6.45) is 0. The number of para-hydroxylation sites is 1. The number of sulfonamides is 1. The van der Waals surface area contributed by atoms with Gasteiger partial charge in [0.1, 0.15) is 11.6 Å². The summed E-state index contributed by atoms with van der Waals surface area (Å²) < 4.78 is 53.3. The Hall–Kier alpha value is -1.67. The molecular formula is C12H9BrF2N2O2S. The van der Waals surface area contributed by atoms with Crippen molar-refractivity contribution < 1.29 is 17.2 Å². The van der Waals surface area contributed by atoms with Gasteiger partial charge in [0.2, 0.25) is 0 Å². The van der Waals surface area contributed by atoms with Crippen LogP contribution >= 0.6 is 15.9 Å². The first-order chi connectivity index (χ1) is 9.29. The number of hydrogen-bond donors (Lipinski definition) is 2. The van der Waals surface area contributed by atoms with Crippen LogP contribution in [0.2, 0.25) is 0 Å². The molecule has 0 saturated heterocycles. The quantitative estimate of drug-likeness (QED) is 0.824. The molecule has 0 unspecified atom stereocenters. The lowest BCUT2D eigenvalue weighted by molar-refractivity contribution is 0.593. The second-order valence-corrected chi connectivity index (χ2v) is 6.46. The lowest BCUT2D eigenvalue weighted by atomic mass is 10.3. The Morgan fingerprint density at radius 3 is 2.45 bits per heavy atom. The summed E-state index contributed by atoms with van der Waals surface area (Å²) in [7, 11) is -4.14. The Labute approximate surface area is 122 Å². The van der Waals surface area contributed by atoms with Crippen molar-refractivity contribution in [2.24, 2.45) is 0 Å². The van der Waals surface area contributed by atoms with Gasteiger partial charge in [-0.2, -0.15) is 0 Å². The molecule has 0 radical (unpaired) electrons. The second-order valence-electron chi connectivity index (χ2n) is 3.92. The topological polar surface area (TPSA) is 72.2 Å². The number of halogens is 3. The predicted molar refractivity (Wildman–Crippen MR) is 75.7 cm³/mol. The minimum Gasteiger partial charge on any atom is -0.399 e. The molecule has 0 amide bonds. The molecule has 0 bridgehead atoms. The third-order valence-electron chi connectivity index (χ3n) is 2.40. The summed E-state index contributed by atoms with van der Waals surface area (Å²) in [5.41, 5.74) is 5.10. The van der Waals surface area contributed by atoms with Gasteiger partial charge in [0, 0.05) is 10.2 Å². The minimum absolute atomic E-state index is 0.0435. The number of nitrogen functional groups attached to an aromatic ring is 1. The van der Waals surface area contributed by atoms with Crippen LogP contribution in [0.15, 0.2) is 45.8 Å². The molecule has 0 heterocycles. The molecule has 0 aliphatic carbocycles. The van der Waals surface area contributed by atoms with Gasteiger partial charge >= 0.3 is 0 Å². The number of nitrogens with one attached hydrogen (secondary N) is 1. The van der Waals surface area contributed by atoms with Gasteiger partial charge < -0.3 is 5.73 Å². The molecule has 0 fully saturated rings. The second kappa shape index (κ2) is 5.37. The third kappa shape index (κ3) is 3.07. The molecule has 2 rings (SSSR count). The fourth-order valence-electron chi connectivity index (χ4n) is 1.53. The van der Waals surface area contributed by atoms with Crippen LogP contribution in [0.4, 0.5) is 20.2 Å². The summed E-state index contributed by atoms with van der Waals surface area (Å²) in [6, 6.07) is 6.85. The van der Waals surface area contributed by atoms with E-state index in [1.807, 2.05) is 0 Å². The molecule has 2 aromatic carbocycles. The monoisotopic (exact) mass is 362 g/mol. The van der Waals surface area contributed by atoms with Gasteiger partial charge in [-0.05, 0) is 46.3 Å². The van der Waals surface area contributed by atoms with Crippen LogP contribution in [0.1, 0.15) is 0 Å². The van der Waals surface area contributed by atoms with E-state index in [2.05, 4.69) is 20.7 Å². The summed E-state index contributed by atoms with van der Waals surface area (Å²) >= 11 is 3.04. The van der Waals surface area contributed by atoms with Gasteiger partial charge in [-0.1, -0.05) is 6.07 Å². The zero-order valence-electron chi connectivity index (χ0n) is 9.90. The highest BCUT2D eigenvalue weighted by molar-refractivity contribution is 9.10. The number of rotatable bonds is 3. The zero-order chi connectivity index (χ0) is 14.9. The fraction of sp³-hybridized carbons (Fsp3) is 0. The summed E-state index contributed by atoms with van der Waals surface area (Å²) in [6.45, 7) is 0. The smallest absolute Gasteiger partial charge is 0.262 e. The van der Waals surface area contributed by atoms with Crippen LogP contribution < -0.4 is 10.5 Å². The minimum atomic E-state index is -4.14. The Balaban J connectivity index is 2.46. The molecule has 8 heteroatoms. The van der Waals surface area contributed by atoms with E-state index in [1.165, 1.54) is 12.1 Å². The number of benzene rings is 2. The number of hydrogen-bond acceptors (Lipinski definition) is 3. The van der Waals surface area contributed by atoms with Crippen molar-refractivity contribution in [3.8, 4) is 0 Å². The highest BCUT2D eigenvalue weighted by Crippen LogP contribution is 2.28. The van der Waals surface area contributed by atoms with Crippen molar-refractivity contribution in [1.82, 2.24) is 0 Å². The van der Waals surface area contributed by atoms with Crippen LogP contribution in [-0.2, 0) is 10.0 Å². The van der Waals surface area contributed by atoms with E-state index >= 15 is 0 Å². The van der Waals surface area contributed by atoms with Crippen LogP contribution in [-0.4, -0.2) is 8.42 Å². The molecule has 2 aromatic rings. The van der Waals surface area contributed by atoms with E-state index in [1.54, 1.807) is 0 Å². The molecular weight excluding hydrogens is 354 g/mol. The van der Waals surface area contributed by atoms with Crippen molar-refractivity contribution in [2.45, 2.75) is 4.90 Å². The lowest BCUT2D eigenvalue weighted by Crippen LogP contribution is -2.15. The summed E-state index contributed by atoms with van der Waals surface area (Å²) in [5, 5.41) is 0. The average Bonchev–Trinajstić information content (AvgIpc) is 2.33. The first kappa shape index (κ1) is 14.7. The van der Waals surface area contributed by atoms with Gasteiger partial charge in [-0.15, -0.1) is 0 Å². The summed E-state index contributed by atoms with van der Waals surface area (Å²) in [5.74, 6) is -1.55. The lowest BCUT2D eigenvalue weighted by Gasteiger charge is -2.11. The largest absolute Gasteiger partial charge is 0.399 e. The van der Waals surface area contributed by atoms with E-state index in [-0.39, 0.29) is 20.7 Å². The van der Waals surface area contributed by atoms with Crippen LogP contribution in [0, 0.1) is 11.6 Å². The van der Waals surface area contributed by atoms with Crippen molar-refractivity contribution in [2.75, 3.05) is 10.5 Å². The van der Waals surface area contributed by atoms with Gasteiger partial charge in [-0.3, -0.25) is 4.72 Å². The zero-order valence-corrected chi connectivity index (χ0v) is 12.3. The fourth-order valence-corrected chi connectivity index (χ4v) is 3.25. The normalized spacial score (nSPS) is 11.3. The molecule has 106 valence electrons. The molecule has 0 atom stereocenters. The van der Waals surface area contributed by atoms with Crippen LogP contribution in [0.5, 0.6) is 0 Å². The van der Waals surface area contributed by atoms with E-state index in [4.69, 9.17) is 5.73 Å². The van der Waals surface area contributed by atoms with E-state index < -0.39 is 21.7 Å². The number of anilines is 2. The van der Waals surface area contributed by atoms with Crippen molar-refractivity contribution in [3.05, 3.63) is 52.5 Å². The highest BCUT2D eigenvalue weighted by Gasteiger charge is 2.19. The molecule has 0 aliphatic rings. The maximum Gasteiger partial charge on any atom is 0.262 e. The average molecular weight is 363 g/mol. The molecule has 0 saturated carbocycles. The van der Waals surface area contributed by atoms with E-state index in [0.717, 1.165) is 24.3 Å².